The van der Waals surface area contributed by atoms with Gasteiger partial charge in [-0.2, -0.15) is 5.10 Å². The number of anilines is 1. The van der Waals surface area contributed by atoms with E-state index in [0.717, 1.165) is 47.8 Å². The smallest absolute Gasteiger partial charge is 0.224 e. The van der Waals surface area contributed by atoms with E-state index in [0.29, 0.717) is 18.0 Å². The number of hydrogen-bond donors (Lipinski definition) is 0. The Morgan fingerprint density at radius 2 is 1.67 bits per heavy atom. The van der Waals surface area contributed by atoms with Gasteiger partial charge in [0, 0.05) is 53.7 Å². The van der Waals surface area contributed by atoms with Gasteiger partial charge >= 0.3 is 0 Å². The Balaban J connectivity index is 1.33. The van der Waals surface area contributed by atoms with Crippen molar-refractivity contribution >= 4 is 45.7 Å². The SMILES string of the molecule is O=C(CCn1ncc2ccc(Cl)cc21)N1CCN(c2ccc(Cl)cc2)CC1. The Bertz CT molecular complexity index is 946. The fourth-order valence-electron chi connectivity index (χ4n) is 3.45. The number of aryl methyl sites for hydroxylation is 1. The van der Waals surface area contributed by atoms with Gasteiger partial charge in [-0.1, -0.05) is 23.2 Å². The van der Waals surface area contributed by atoms with Crippen LogP contribution in [-0.2, 0) is 11.3 Å². The van der Waals surface area contributed by atoms with E-state index in [4.69, 9.17) is 23.2 Å². The van der Waals surface area contributed by atoms with Gasteiger partial charge < -0.3 is 9.80 Å². The Morgan fingerprint density at radius 3 is 2.41 bits per heavy atom. The highest BCUT2D eigenvalue weighted by Crippen LogP contribution is 2.21. The largest absolute Gasteiger partial charge is 0.368 e. The Hall–Kier alpha value is -2.24. The summed E-state index contributed by atoms with van der Waals surface area (Å²) in [5.74, 6) is 0.163. The van der Waals surface area contributed by atoms with E-state index in [9.17, 15) is 4.79 Å². The van der Waals surface area contributed by atoms with Crippen LogP contribution in [0.2, 0.25) is 10.0 Å². The van der Waals surface area contributed by atoms with E-state index < -0.39 is 0 Å². The molecule has 0 saturated carbocycles. The van der Waals surface area contributed by atoms with Crippen LogP contribution in [0.3, 0.4) is 0 Å². The van der Waals surface area contributed by atoms with Crippen LogP contribution >= 0.6 is 23.2 Å². The summed E-state index contributed by atoms with van der Waals surface area (Å²) in [5.41, 5.74) is 2.11. The van der Waals surface area contributed by atoms with Gasteiger partial charge in [0.2, 0.25) is 5.91 Å². The summed E-state index contributed by atoms with van der Waals surface area (Å²) in [7, 11) is 0. The van der Waals surface area contributed by atoms with Crippen molar-refractivity contribution in [3.8, 4) is 0 Å². The van der Waals surface area contributed by atoms with Gasteiger partial charge in [-0.05, 0) is 42.5 Å². The van der Waals surface area contributed by atoms with Gasteiger partial charge in [-0.3, -0.25) is 9.48 Å². The molecule has 7 heteroatoms. The molecule has 1 aromatic heterocycles. The molecule has 3 aromatic rings. The molecule has 4 rings (SSSR count). The Labute approximate surface area is 168 Å². The van der Waals surface area contributed by atoms with E-state index in [2.05, 4.69) is 10.00 Å². The molecule has 0 aliphatic carbocycles. The molecule has 0 bridgehead atoms. The predicted molar refractivity (Wildman–Crippen MR) is 110 cm³/mol. The van der Waals surface area contributed by atoms with Gasteiger partial charge in [0.05, 0.1) is 18.3 Å². The molecule has 1 saturated heterocycles. The number of amides is 1. The van der Waals surface area contributed by atoms with Crippen molar-refractivity contribution < 1.29 is 4.79 Å². The van der Waals surface area contributed by atoms with E-state index in [1.54, 1.807) is 6.20 Å². The topological polar surface area (TPSA) is 41.4 Å². The molecule has 1 fully saturated rings. The zero-order chi connectivity index (χ0) is 18.8. The van der Waals surface area contributed by atoms with Gasteiger partial charge in [-0.25, -0.2) is 0 Å². The number of carbonyl (C=O) groups excluding carboxylic acids is 1. The number of fused-ring (bicyclic) bond motifs is 1. The quantitative estimate of drug-likeness (QED) is 0.659. The minimum absolute atomic E-state index is 0.163. The molecule has 2 aromatic carbocycles. The molecule has 0 N–H and O–H groups in total. The molecule has 5 nitrogen and oxygen atoms in total. The third kappa shape index (κ3) is 4.04. The van der Waals surface area contributed by atoms with Crippen LogP contribution in [0.4, 0.5) is 5.69 Å². The summed E-state index contributed by atoms with van der Waals surface area (Å²) in [4.78, 5) is 16.8. The molecule has 1 aliphatic rings. The van der Waals surface area contributed by atoms with Gasteiger partial charge in [0.15, 0.2) is 0 Å². The maximum absolute atomic E-state index is 12.6. The molecule has 0 spiro atoms. The maximum atomic E-state index is 12.6. The average molecular weight is 403 g/mol. The number of aromatic nitrogens is 2. The number of carbonyl (C=O) groups is 1. The average Bonchev–Trinajstić information content (AvgIpc) is 3.09. The third-order valence-electron chi connectivity index (χ3n) is 4.97. The van der Waals surface area contributed by atoms with Crippen molar-refractivity contribution in [2.24, 2.45) is 0 Å². The summed E-state index contributed by atoms with van der Waals surface area (Å²) in [6, 6.07) is 13.5. The molecule has 0 atom stereocenters. The first-order valence-corrected chi connectivity index (χ1v) is 9.75. The van der Waals surface area contributed by atoms with Crippen LogP contribution in [0.5, 0.6) is 0 Å². The lowest BCUT2D eigenvalue weighted by molar-refractivity contribution is -0.131. The van der Waals surface area contributed by atoms with E-state index in [-0.39, 0.29) is 5.91 Å². The Morgan fingerprint density at radius 1 is 0.963 bits per heavy atom. The molecule has 1 aliphatic heterocycles. The highest BCUT2D eigenvalue weighted by molar-refractivity contribution is 6.31. The normalized spacial score (nSPS) is 14.7. The number of rotatable bonds is 4. The Kier molecular flexibility index (Phi) is 5.23. The van der Waals surface area contributed by atoms with Crippen LogP contribution in [0, 0.1) is 0 Å². The summed E-state index contributed by atoms with van der Waals surface area (Å²) < 4.78 is 1.85. The van der Waals surface area contributed by atoms with Gasteiger partial charge in [0.1, 0.15) is 0 Å². The fourth-order valence-corrected chi connectivity index (χ4v) is 3.74. The maximum Gasteiger partial charge on any atom is 0.224 e. The molecule has 0 radical (unpaired) electrons. The molecule has 2 heterocycles. The molecule has 27 heavy (non-hydrogen) atoms. The molecular weight excluding hydrogens is 383 g/mol. The van der Waals surface area contributed by atoms with E-state index in [1.807, 2.05) is 52.0 Å². The van der Waals surface area contributed by atoms with E-state index in [1.165, 1.54) is 0 Å². The van der Waals surface area contributed by atoms with Crippen LogP contribution in [-0.4, -0.2) is 46.8 Å². The third-order valence-corrected chi connectivity index (χ3v) is 5.46. The highest BCUT2D eigenvalue weighted by Gasteiger charge is 2.21. The zero-order valence-electron chi connectivity index (χ0n) is 14.8. The summed E-state index contributed by atoms with van der Waals surface area (Å²) in [6.45, 7) is 3.67. The second kappa shape index (κ2) is 7.79. The predicted octanol–water partition coefficient (Wildman–Crippen LogP) is 4.08. The van der Waals surface area contributed by atoms with Crippen LogP contribution < -0.4 is 4.90 Å². The van der Waals surface area contributed by atoms with Crippen LogP contribution in [0.1, 0.15) is 6.42 Å². The summed E-state index contributed by atoms with van der Waals surface area (Å²) >= 11 is 12.0. The number of benzene rings is 2. The van der Waals surface area contributed by atoms with Crippen molar-refractivity contribution in [3.05, 3.63) is 58.7 Å². The zero-order valence-corrected chi connectivity index (χ0v) is 16.3. The number of halogens is 2. The molecular formula is C20H20Cl2N4O. The van der Waals surface area contributed by atoms with Crippen molar-refractivity contribution in [2.75, 3.05) is 31.1 Å². The lowest BCUT2D eigenvalue weighted by Crippen LogP contribution is -2.49. The van der Waals surface area contributed by atoms with Crippen molar-refractivity contribution in [1.29, 1.82) is 0 Å². The fraction of sp³-hybridized carbons (Fsp3) is 0.300. The van der Waals surface area contributed by atoms with Crippen LogP contribution in [0.15, 0.2) is 48.7 Å². The first kappa shape index (κ1) is 18.1. The first-order valence-electron chi connectivity index (χ1n) is 8.99. The van der Waals surface area contributed by atoms with Crippen molar-refractivity contribution in [1.82, 2.24) is 14.7 Å². The highest BCUT2D eigenvalue weighted by atomic mass is 35.5. The van der Waals surface area contributed by atoms with Crippen molar-refractivity contribution in [2.45, 2.75) is 13.0 Å². The standard InChI is InChI=1S/C20H20Cl2N4O/c21-16-3-5-18(6-4-16)24-9-11-25(12-10-24)20(27)7-8-26-19-13-17(22)2-1-15(19)14-23-26/h1-6,13-14H,7-12H2. The second-order valence-electron chi connectivity index (χ2n) is 6.67. The lowest BCUT2D eigenvalue weighted by atomic mass is 10.2. The molecule has 1 amide bonds. The minimum atomic E-state index is 0.163. The number of nitrogens with zero attached hydrogens (tertiary/aromatic N) is 4. The van der Waals surface area contributed by atoms with Gasteiger partial charge in [0.25, 0.3) is 0 Å². The van der Waals surface area contributed by atoms with Gasteiger partial charge in [-0.15, -0.1) is 0 Å². The molecule has 0 unspecified atom stereocenters. The first-order chi connectivity index (χ1) is 13.1. The second-order valence-corrected chi connectivity index (χ2v) is 7.54. The van der Waals surface area contributed by atoms with E-state index >= 15 is 0 Å². The van der Waals surface area contributed by atoms with Crippen LogP contribution in [0.25, 0.3) is 10.9 Å². The number of piperazine rings is 1. The van der Waals surface area contributed by atoms with Crippen molar-refractivity contribution in [3.63, 3.8) is 0 Å². The summed E-state index contributed by atoms with van der Waals surface area (Å²) in [5, 5.41) is 6.82. The number of hydrogen-bond acceptors (Lipinski definition) is 3. The summed E-state index contributed by atoms with van der Waals surface area (Å²) in [6.07, 6.45) is 2.24. The monoisotopic (exact) mass is 402 g/mol. The minimum Gasteiger partial charge on any atom is -0.368 e. The lowest BCUT2D eigenvalue weighted by Gasteiger charge is -2.36. The molecule has 140 valence electrons.